The Morgan fingerprint density at radius 1 is 1.26 bits per heavy atom. The van der Waals surface area contributed by atoms with Crippen molar-refractivity contribution in [3.8, 4) is 0 Å². The van der Waals surface area contributed by atoms with E-state index >= 15 is 0 Å². The van der Waals surface area contributed by atoms with Crippen LogP contribution in [0.1, 0.15) is 31.5 Å². The summed E-state index contributed by atoms with van der Waals surface area (Å²) in [5, 5.41) is 4.72. The highest BCUT2D eigenvalue weighted by atomic mass is 16.5. The SMILES string of the molecule is CC(C)c1noc(Cn2cnc3c(oc4ccccc43)c2=O)n1. The fourth-order valence-corrected chi connectivity index (χ4v) is 2.44. The molecule has 7 nitrogen and oxygen atoms in total. The fraction of sp³-hybridized carbons (Fsp3) is 0.250. The molecule has 0 saturated carbocycles. The summed E-state index contributed by atoms with van der Waals surface area (Å²) in [7, 11) is 0. The summed E-state index contributed by atoms with van der Waals surface area (Å²) in [5.74, 6) is 1.15. The summed E-state index contributed by atoms with van der Waals surface area (Å²) < 4.78 is 12.2. The van der Waals surface area contributed by atoms with Gasteiger partial charge in [0.1, 0.15) is 17.6 Å². The zero-order chi connectivity index (χ0) is 16.0. The summed E-state index contributed by atoms with van der Waals surface area (Å²) >= 11 is 0. The highest BCUT2D eigenvalue weighted by molar-refractivity contribution is 6.01. The standard InChI is InChI=1S/C16H14N4O3/c1-9(2)15-18-12(23-19-15)7-20-8-17-13-10-5-3-4-6-11(10)22-14(13)16(20)21/h3-6,8-9H,7H2,1-2H3. The van der Waals surface area contributed by atoms with Gasteiger partial charge in [-0.15, -0.1) is 0 Å². The van der Waals surface area contributed by atoms with E-state index in [1.165, 1.54) is 10.9 Å². The molecule has 1 aromatic carbocycles. The molecule has 0 radical (unpaired) electrons. The van der Waals surface area contributed by atoms with Crippen LogP contribution in [0.15, 0.2) is 44.3 Å². The maximum absolute atomic E-state index is 12.6. The van der Waals surface area contributed by atoms with Crippen molar-refractivity contribution in [2.45, 2.75) is 26.3 Å². The second-order valence-electron chi connectivity index (χ2n) is 5.65. The lowest BCUT2D eigenvalue weighted by molar-refractivity contribution is 0.362. The zero-order valence-corrected chi connectivity index (χ0v) is 12.7. The monoisotopic (exact) mass is 310 g/mol. The van der Waals surface area contributed by atoms with Crippen molar-refractivity contribution in [3.05, 3.63) is 52.7 Å². The van der Waals surface area contributed by atoms with Crippen LogP contribution in [-0.4, -0.2) is 19.7 Å². The fourth-order valence-electron chi connectivity index (χ4n) is 2.44. The Balaban J connectivity index is 1.79. The Hall–Kier alpha value is -2.96. The van der Waals surface area contributed by atoms with Gasteiger partial charge < -0.3 is 8.94 Å². The Labute approximate surface area is 130 Å². The Bertz CT molecular complexity index is 1060. The first-order valence-electron chi connectivity index (χ1n) is 7.32. The smallest absolute Gasteiger partial charge is 0.297 e. The van der Waals surface area contributed by atoms with Gasteiger partial charge in [0, 0.05) is 11.3 Å². The van der Waals surface area contributed by atoms with Crippen LogP contribution in [0.3, 0.4) is 0 Å². The van der Waals surface area contributed by atoms with Crippen LogP contribution in [-0.2, 0) is 6.54 Å². The van der Waals surface area contributed by atoms with Crippen molar-refractivity contribution < 1.29 is 8.94 Å². The van der Waals surface area contributed by atoms with Gasteiger partial charge in [0.25, 0.3) is 5.56 Å². The molecule has 0 spiro atoms. The third kappa shape index (κ3) is 2.21. The normalized spacial score (nSPS) is 11.8. The average Bonchev–Trinajstić information content (AvgIpc) is 3.15. The van der Waals surface area contributed by atoms with Crippen LogP contribution in [0.4, 0.5) is 0 Å². The van der Waals surface area contributed by atoms with Gasteiger partial charge in [0.2, 0.25) is 11.5 Å². The lowest BCUT2D eigenvalue weighted by atomic mass is 10.2. The largest absolute Gasteiger partial charge is 0.448 e. The van der Waals surface area contributed by atoms with Gasteiger partial charge in [-0.25, -0.2) is 4.98 Å². The predicted molar refractivity (Wildman–Crippen MR) is 83.3 cm³/mol. The second kappa shape index (κ2) is 5.05. The van der Waals surface area contributed by atoms with Crippen LogP contribution in [0, 0.1) is 0 Å². The van der Waals surface area contributed by atoms with E-state index in [4.69, 9.17) is 8.94 Å². The summed E-state index contributed by atoms with van der Waals surface area (Å²) in [6, 6.07) is 7.43. The number of fused-ring (bicyclic) bond motifs is 3. The van der Waals surface area contributed by atoms with E-state index in [1.807, 2.05) is 38.1 Å². The third-order valence-electron chi connectivity index (χ3n) is 3.66. The number of benzene rings is 1. The Morgan fingerprint density at radius 2 is 2.09 bits per heavy atom. The minimum atomic E-state index is -0.268. The van der Waals surface area contributed by atoms with Crippen LogP contribution in [0.2, 0.25) is 0 Å². The van der Waals surface area contributed by atoms with Crippen molar-refractivity contribution in [2.75, 3.05) is 0 Å². The van der Waals surface area contributed by atoms with E-state index < -0.39 is 0 Å². The van der Waals surface area contributed by atoms with Crippen LogP contribution in [0.25, 0.3) is 22.1 Å². The van der Waals surface area contributed by atoms with E-state index in [9.17, 15) is 4.79 Å². The predicted octanol–water partition coefficient (Wildman–Crippen LogP) is 2.70. The van der Waals surface area contributed by atoms with Crippen molar-refractivity contribution in [1.29, 1.82) is 0 Å². The minimum Gasteiger partial charge on any atom is -0.448 e. The molecule has 0 amide bonds. The summed E-state index contributed by atoms with van der Waals surface area (Å²) in [4.78, 5) is 21.2. The van der Waals surface area contributed by atoms with Gasteiger partial charge in [0.15, 0.2) is 5.82 Å². The number of furan rings is 1. The van der Waals surface area contributed by atoms with Gasteiger partial charge in [0.05, 0.1) is 6.33 Å². The van der Waals surface area contributed by atoms with Crippen molar-refractivity contribution in [1.82, 2.24) is 19.7 Å². The number of hydrogen-bond acceptors (Lipinski definition) is 6. The number of nitrogens with zero attached hydrogens (tertiary/aromatic N) is 4. The topological polar surface area (TPSA) is 87.0 Å². The molecule has 4 rings (SSSR count). The van der Waals surface area contributed by atoms with Gasteiger partial charge in [-0.3, -0.25) is 9.36 Å². The lowest BCUT2D eigenvalue weighted by Gasteiger charge is -2.00. The number of rotatable bonds is 3. The minimum absolute atomic E-state index is 0.165. The maximum Gasteiger partial charge on any atom is 0.297 e. The second-order valence-corrected chi connectivity index (χ2v) is 5.65. The first kappa shape index (κ1) is 13.7. The van der Waals surface area contributed by atoms with Gasteiger partial charge in [-0.05, 0) is 12.1 Å². The molecule has 0 fully saturated rings. The van der Waals surface area contributed by atoms with Gasteiger partial charge in [-0.1, -0.05) is 31.1 Å². The molecule has 23 heavy (non-hydrogen) atoms. The average molecular weight is 310 g/mol. The van der Waals surface area contributed by atoms with E-state index in [2.05, 4.69) is 15.1 Å². The molecular formula is C16H14N4O3. The van der Waals surface area contributed by atoms with Crippen molar-refractivity contribution >= 4 is 22.1 Å². The molecule has 7 heteroatoms. The first-order chi connectivity index (χ1) is 11.1. The van der Waals surface area contributed by atoms with E-state index in [0.717, 1.165) is 5.39 Å². The molecule has 0 unspecified atom stereocenters. The van der Waals surface area contributed by atoms with Gasteiger partial charge in [-0.2, -0.15) is 4.98 Å². The number of aromatic nitrogens is 4. The zero-order valence-electron chi connectivity index (χ0n) is 12.7. The quantitative estimate of drug-likeness (QED) is 0.578. The van der Waals surface area contributed by atoms with E-state index in [-0.39, 0.29) is 23.6 Å². The first-order valence-corrected chi connectivity index (χ1v) is 7.32. The Morgan fingerprint density at radius 3 is 2.87 bits per heavy atom. The molecule has 0 aliphatic rings. The van der Waals surface area contributed by atoms with Crippen LogP contribution < -0.4 is 5.56 Å². The van der Waals surface area contributed by atoms with E-state index in [0.29, 0.717) is 22.8 Å². The lowest BCUT2D eigenvalue weighted by Crippen LogP contribution is -2.20. The summed E-state index contributed by atoms with van der Waals surface area (Å²) in [5.41, 5.74) is 1.17. The highest BCUT2D eigenvalue weighted by Gasteiger charge is 2.15. The van der Waals surface area contributed by atoms with Gasteiger partial charge >= 0.3 is 0 Å². The molecule has 0 aliphatic heterocycles. The molecule has 3 heterocycles. The van der Waals surface area contributed by atoms with Crippen LogP contribution >= 0.6 is 0 Å². The van der Waals surface area contributed by atoms with Crippen molar-refractivity contribution in [2.24, 2.45) is 0 Å². The molecule has 0 atom stereocenters. The summed E-state index contributed by atoms with van der Waals surface area (Å²) in [6.45, 7) is 4.12. The molecular weight excluding hydrogens is 296 g/mol. The van der Waals surface area contributed by atoms with Crippen molar-refractivity contribution in [3.63, 3.8) is 0 Å². The maximum atomic E-state index is 12.6. The Kier molecular flexibility index (Phi) is 3.00. The molecule has 0 aliphatic carbocycles. The van der Waals surface area contributed by atoms with Crippen LogP contribution in [0.5, 0.6) is 0 Å². The molecule has 4 aromatic rings. The molecule has 0 N–H and O–H groups in total. The molecule has 0 saturated heterocycles. The highest BCUT2D eigenvalue weighted by Crippen LogP contribution is 2.24. The third-order valence-corrected chi connectivity index (χ3v) is 3.66. The molecule has 116 valence electrons. The number of para-hydroxylation sites is 1. The van der Waals surface area contributed by atoms with E-state index in [1.54, 1.807) is 0 Å². The number of hydrogen-bond donors (Lipinski definition) is 0. The molecule has 0 bridgehead atoms. The molecule has 3 aromatic heterocycles. The summed E-state index contributed by atoms with van der Waals surface area (Å²) in [6.07, 6.45) is 1.48.